The summed E-state index contributed by atoms with van der Waals surface area (Å²) in [5.74, 6) is 0.686. The van der Waals surface area contributed by atoms with Gasteiger partial charge in [-0.15, -0.1) is 0 Å². The monoisotopic (exact) mass is 327 g/mol. The average Bonchev–Trinajstić information content (AvgIpc) is 1.86. The predicted molar refractivity (Wildman–Crippen MR) is 45.0 cm³/mol. The van der Waals surface area contributed by atoms with E-state index < -0.39 is 0 Å². The minimum absolute atomic E-state index is 0.415. The van der Waals surface area contributed by atoms with Gasteiger partial charge >= 0.3 is 79.5 Å². The Morgan fingerprint density at radius 1 is 1.55 bits per heavy atom. The van der Waals surface area contributed by atoms with Crippen molar-refractivity contribution in [2.45, 2.75) is 31.2 Å². The first kappa shape index (κ1) is 9.21. The van der Waals surface area contributed by atoms with Crippen molar-refractivity contribution in [2.75, 3.05) is 0 Å². The van der Waals surface area contributed by atoms with Crippen LogP contribution in [-0.2, 0) is 18.6 Å². The number of allylic oxidation sites excluding steroid dienone is 4. The van der Waals surface area contributed by atoms with Crippen molar-refractivity contribution in [3.63, 3.8) is 0 Å². The third-order valence-corrected chi connectivity index (χ3v) is 2.96. The van der Waals surface area contributed by atoms with Crippen LogP contribution in [0.4, 0.5) is 0 Å². The Balaban J connectivity index is 2.68. The Morgan fingerprint density at radius 2 is 2.18 bits per heavy atom. The molecule has 0 aromatic carbocycles. The molecule has 63 valence electrons. The summed E-state index contributed by atoms with van der Waals surface area (Å²) in [6.07, 6.45) is 8.19. The molecule has 1 atom stereocenters. The molecule has 0 aromatic rings. The summed E-state index contributed by atoms with van der Waals surface area (Å²) in [5, 5.41) is 0. The number of hydrogen-bond acceptors (Lipinski definition) is 0. The molecule has 0 heterocycles. The van der Waals surface area contributed by atoms with Crippen molar-refractivity contribution in [1.82, 2.24) is 0 Å². The molecule has 0 amide bonds. The normalized spacial score (nSPS) is 30.8. The summed E-state index contributed by atoms with van der Waals surface area (Å²) < 4.78 is 0.415. The van der Waals surface area contributed by atoms with Crippen molar-refractivity contribution in [3.05, 3.63) is 23.8 Å². The van der Waals surface area contributed by atoms with Crippen molar-refractivity contribution >= 4 is 0 Å². The third kappa shape index (κ3) is 2.57. The van der Waals surface area contributed by atoms with E-state index in [9.17, 15) is 0 Å². The average molecular weight is 325 g/mol. The molecule has 0 saturated heterocycles. The molecule has 0 bridgehead atoms. The number of hydrogen-bond donors (Lipinski definition) is 0. The first-order chi connectivity index (χ1) is 5.01. The van der Waals surface area contributed by atoms with Crippen LogP contribution in [0.5, 0.6) is 0 Å². The summed E-state index contributed by atoms with van der Waals surface area (Å²) in [5.41, 5.74) is 1.49. The van der Waals surface area contributed by atoms with E-state index in [0.29, 0.717) is 9.89 Å². The van der Waals surface area contributed by atoms with E-state index in [1.54, 1.807) is 0 Å². The molecule has 0 radical (unpaired) electrons. The van der Waals surface area contributed by atoms with Gasteiger partial charge in [0.15, 0.2) is 0 Å². The van der Waals surface area contributed by atoms with E-state index in [2.05, 4.69) is 57.6 Å². The van der Waals surface area contributed by atoms with Gasteiger partial charge in [-0.25, -0.2) is 0 Å². The Kier molecular flexibility index (Phi) is 2.71. The predicted octanol–water partition coefficient (Wildman–Crippen LogP) is 3.25. The fourth-order valence-electron chi connectivity index (χ4n) is 1.15. The second kappa shape index (κ2) is 3.24. The Morgan fingerprint density at radius 3 is 2.55 bits per heavy atom. The fourth-order valence-corrected chi connectivity index (χ4v) is 1.62. The molecule has 0 spiro atoms. The Bertz CT molecular complexity index is 197. The van der Waals surface area contributed by atoms with Crippen molar-refractivity contribution < 1.29 is 18.6 Å². The van der Waals surface area contributed by atoms with Gasteiger partial charge in [-0.3, -0.25) is 0 Å². The summed E-state index contributed by atoms with van der Waals surface area (Å²) in [6.45, 7) is 6.78. The van der Waals surface area contributed by atoms with E-state index in [-0.39, 0.29) is 0 Å². The minimum atomic E-state index is 0.415. The van der Waals surface area contributed by atoms with Crippen molar-refractivity contribution in [1.29, 1.82) is 0 Å². The fraction of sp³-hybridized carbons (Fsp3) is 0.600. The first-order valence-corrected chi connectivity index (χ1v) is 5.35. The van der Waals surface area contributed by atoms with Crippen LogP contribution in [0.15, 0.2) is 23.8 Å². The van der Waals surface area contributed by atoms with Gasteiger partial charge in [-0.2, -0.15) is 0 Å². The molecule has 11 heavy (non-hydrogen) atoms. The summed E-state index contributed by atoms with van der Waals surface area (Å²) in [7, 11) is 0. The van der Waals surface area contributed by atoms with E-state index in [1.807, 2.05) is 0 Å². The van der Waals surface area contributed by atoms with E-state index in [1.165, 1.54) is 12.0 Å². The Hall–Kier alpha value is 0.116. The first-order valence-electron chi connectivity index (χ1n) is 4.08. The van der Waals surface area contributed by atoms with E-state index in [4.69, 9.17) is 0 Å². The van der Waals surface area contributed by atoms with Gasteiger partial charge in [-0.1, -0.05) is 0 Å². The van der Waals surface area contributed by atoms with Crippen LogP contribution in [0, 0.1) is 5.92 Å². The van der Waals surface area contributed by atoms with Gasteiger partial charge < -0.3 is 0 Å². The molecule has 1 rings (SSSR count). The van der Waals surface area contributed by atoms with Crippen LogP contribution < -0.4 is 0 Å². The van der Waals surface area contributed by atoms with Gasteiger partial charge in [0.05, 0.1) is 0 Å². The molecule has 0 saturated carbocycles. The van der Waals surface area contributed by atoms with E-state index in [0.717, 1.165) is 0 Å². The summed E-state index contributed by atoms with van der Waals surface area (Å²) in [4.78, 5) is 0. The molecular weight excluding hydrogens is 310 g/mol. The Labute approximate surface area is 79.7 Å². The maximum atomic E-state index is 2.37. The van der Waals surface area contributed by atoms with Crippen molar-refractivity contribution in [2.24, 2.45) is 5.92 Å². The second-order valence-corrected chi connectivity index (χ2v) is 6.55. The zero-order valence-corrected chi connectivity index (χ0v) is 9.91. The maximum absolute atomic E-state index is 2.37. The zero-order valence-electron chi connectivity index (χ0n) is 7.37. The molecule has 0 nitrogen and oxygen atoms in total. The van der Waals surface area contributed by atoms with Crippen LogP contribution in [-0.4, -0.2) is 0 Å². The molecule has 0 aromatic heterocycles. The van der Waals surface area contributed by atoms with Crippen LogP contribution in [0.1, 0.15) is 27.2 Å². The standard InChI is InChI=1S/C10H15.Os/c1-8(2)10-6-4-9(3)5-7-10;/h4,6-8H,5H2,1-3H3;. The molecule has 0 aliphatic heterocycles. The van der Waals surface area contributed by atoms with Crippen molar-refractivity contribution in [3.8, 4) is 0 Å². The van der Waals surface area contributed by atoms with Gasteiger partial charge in [0.25, 0.3) is 0 Å². The number of rotatable bonds is 1. The van der Waals surface area contributed by atoms with E-state index >= 15 is 0 Å². The topological polar surface area (TPSA) is 0 Å². The molecule has 0 fully saturated rings. The zero-order chi connectivity index (χ0) is 8.48. The molecule has 0 N–H and O–H groups in total. The molecule has 1 heteroatoms. The van der Waals surface area contributed by atoms with Gasteiger partial charge in [0.2, 0.25) is 0 Å². The van der Waals surface area contributed by atoms with Crippen LogP contribution in [0.25, 0.3) is 0 Å². The molecule has 1 aliphatic rings. The second-order valence-electron chi connectivity index (χ2n) is 3.65. The quantitative estimate of drug-likeness (QED) is 0.694. The molecular formula is C10H15Os. The van der Waals surface area contributed by atoms with Gasteiger partial charge in [0, 0.05) is 0 Å². The SMILES string of the molecule is CC(C)C1=CC[C](C)([Os])C=C1. The van der Waals surface area contributed by atoms with Crippen LogP contribution in [0.2, 0.25) is 3.97 Å². The summed E-state index contributed by atoms with van der Waals surface area (Å²) in [6, 6.07) is 0. The van der Waals surface area contributed by atoms with Crippen LogP contribution >= 0.6 is 0 Å². The third-order valence-electron chi connectivity index (χ3n) is 2.02. The molecule has 1 aliphatic carbocycles. The van der Waals surface area contributed by atoms with Gasteiger partial charge in [0.1, 0.15) is 0 Å². The molecule has 1 unspecified atom stereocenters. The van der Waals surface area contributed by atoms with Crippen LogP contribution in [0.3, 0.4) is 0 Å². The summed E-state index contributed by atoms with van der Waals surface area (Å²) >= 11 is 2.07. The van der Waals surface area contributed by atoms with Gasteiger partial charge in [-0.05, 0) is 0 Å².